The second-order valence-electron chi connectivity index (χ2n) is 5.62. The minimum absolute atomic E-state index is 0.0518. The van der Waals surface area contributed by atoms with Gasteiger partial charge in [-0.2, -0.15) is 9.40 Å². The predicted octanol–water partition coefficient (Wildman–Crippen LogP) is -0.219. The van der Waals surface area contributed by atoms with Crippen molar-refractivity contribution in [2.45, 2.75) is 31.5 Å². The van der Waals surface area contributed by atoms with Gasteiger partial charge in [0.25, 0.3) is 10.0 Å². The third kappa shape index (κ3) is 2.48. The van der Waals surface area contributed by atoms with Gasteiger partial charge in [0.2, 0.25) is 0 Å². The predicted molar refractivity (Wildman–Crippen MR) is 74.6 cm³/mol. The third-order valence-electron chi connectivity index (χ3n) is 3.98. The molecule has 20 heavy (non-hydrogen) atoms. The summed E-state index contributed by atoms with van der Waals surface area (Å²) >= 11 is 0. The Morgan fingerprint density at radius 3 is 2.60 bits per heavy atom. The van der Waals surface area contributed by atoms with Gasteiger partial charge in [-0.1, -0.05) is 6.92 Å². The Balaban J connectivity index is 2.32. The second kappa shape index (κ2) is 5.44. The third-order valence-corrected chi connectivity index (χ3v) is 5.79. The molecule has 0 aliphatic carbocycles. The average Bonchev–Trinajstić information content (AvgIpc) is 2.92. The lowest BCUT2D eigenvalue weighted by molar-refractivity contribution is 0.262. The van der Waals surface area contributed by atoms with Crippen molar-refractivity contribution < 1.29 is 13.5 Å². The number of hydrogen-bond donors (Lipinski definition) is 2. The molecule has 1 aromatic rings. The number of H-pyrrole nitrogens is 1. The highest BCUT2D eigenvalue weighted by Crippen LogP contribution is 2.27. The van der Waals surface area contributed by atoms with Crippen molar-refractivity contribution >= 4 is 10.0 Å². The molecular weight excluding hydrogens is 280 g/mol. The van der Waals surface area contributed by atoms with E-state index in [0.717, 1.165) is 0 Å². The molecule has 1 aliphatic rings. The molecule has 0 amide bonds. The Morgan fingerprint density at radius 1 is 1.45 bits per heavy atom. The van der Waals surface area contributed by atoms with Gasteiger partial charge in [-0.3, -0.25) is 5.10 Å². The van der Waals surface area contributed by atoms with Crippen molar-refractivity contribution in [3.8, 4) is 0 Å². The van der Waals surface area contributed by atoms with Gasteiger partial charge >= 0.3 is 0 Å². The van der Waals surface area contributed by atoms with Gasteiger partial charge in [-0.25, -0.2) is 8.42 Å². The van der Waals surface area contributed by atoms with Crippen LogP contribution in [0.3, 0.4) is 0 Å². The van der Waals surface area contributed by atoms with E-state index in [9.17, 15) is 13.5 Å². The summed E-state index contributed by atoms with van der Waals surface area (Å²) < 4.78 is 26.8. The first-order chi connectivity index (χ1) is 9.28. The van der Waals surface area contributed by atoms with Gasteiger partial charge in [0.05, 0.1) is 6.61 Å². The van der Waals surface area contributed by atoms with Crippen molar-refractivity contribution in [1.82, 2.24) is 19.4 Å². The molecule has 2 unspecified atom stereocenters. The number of aromatic nitrogens is 2. The molecule has 0 radical (unpaired) electrons. The number of aliphatic hydroxyl groups excluding tert-OH is 1. The summed E-state index contributed by atoms with van der Waals surface area (Å²) in [6.07, 6.45) is 0. The zero-order valence-corrected chi connectivity index (χ0v) is 13.1. The molecule has 1 aromatic heterocycles. The van der Waals surface area contributed by atoms with Crippen molar-refractivity contribution in [2.75, 3.05) is 27.2 Å². The summed E-state index contributed by atoms with van der Waals surface area (Å²) in [5, 5.41) is 15.8. The quantitative estimate of drug-likeness (QED) is 0.803. The normalized spacial score (nSPS) is 24.7. The summed E-state index contributed by atoms with van der Waals surface area (Å²) in [6, 6.07) is 0.197. The molecule has 0 bridgehead atoms. The largest absolute Gasteiger partial charge is 0.392 e. The Hall–Kier alpha value is -0.960. The number of rotatable bonds is 4. The first kappa shape index (κ1) is 15.4. The van der Waals surface area contributed by atoms with E-state index in [2.05, 4.69) is 10.2 Å². The number of likely N-dealkylation sites (N-methyl/N-ethyl adjacent to an activating group) is 1. The van der Waals surface area contributed by atoms with Crippen LogP contribution >= 0.6 is 0 Å². The van der Waals surface area contributed by atoms with Crippen molar-refractivity contribution in [3.05, 3.63) is 11.3 Å². The van der Waals surface area contributed by atoms with E-state index in [1.807, 2.05) is 25.9 Å². The fourth-order valence-electron chi connectivity index (χ4n) is 2.73. The van der Waals surface area contributed by atoms with E-state index in [1.165, 1.54) is 4.31 Å². The maximum absolute atomic E-state index is 12.7. The molecule has 1 fully saturated rings. The number of aromatic amines is 1. The molecule has 0 saturated carbocycles. The highest BCUT2D eigenvalue weighted by atomic mass is 32.2. The lowest BCUT2D eigenvalue weighted by Crippen LogP contribution is -2.36. The van der Waals surface area contributed by atoms with Crippen LogP contribution in [0.4, 0.5) is 0 Å². The second-order valence-corrected chi connectivity index (χ2v) is 7.47. The van der Waals surface area contributed by atoms with Gasteiger partial charge in [0.15, 0.2) is 5.03 Å². The minimum atomic E-state index is -3.66. The smallest absolute Gasteiger partial charge is 0.262 e. The van der Waals surface area contributed by atoms with Crippen molar-refractivity contribution in [1.29, 1.82) is 0 Å². The van der Waals surface area contributed by atoms with Crippen LogP contribution in [0, 0.1) is 12.8 Å². The summed E-state index contributed by atoms with van der Waals surface area (Å²) in [4.78, 5) is 2.04. The number of aliphatic hydroxyl groups is 1. The molecule has 2 rings (SSSR count). The van der Waals surface area contributed by atoms with E-state index in [0.29, 0.717) is 24.3 Å². The average molecular weight is 302 g/mol. The van der Waals surface area contributed by atoms with Crippen LogP contribution in [0.1, 0.15) is 18.2 Å². The molecule has 114 valence electrons. The van der Waals surface area contributed by atoms with Crippen LogP contribution in [-0.2, 0) is 16.6 Å². The first-order valence-corrected chi connectivity index (χ1v) is 8.04. The fraction of sp³-hybridized carbons (Fsp3) is 0.750. The van der Waals surface area contributed by atoms with Crippen LogP contribution in [0.15, 0.2) is 5.03 Å². The number of nitrogens with one attached hydrogen (secondary N) is 1. The van der Waals surface area contributed by atoms with Crippen molar-refractivity contribution in [2.24, 2.45) is 5.92 Å². The first-order valence-electron chi connectivity index (χ1n) is 6.60. The van der Waals surface area contributed by atoms with Crippen LogP contribution in [0.2, 0.25) is 0 Å². The van der Waals surface area contributed by atoms with E-state index < -0.39 is 10.0 Å². The zero-order valence-electron chi connectivity index (χ0n) is 12.3. The van der Waals surface area contributed by atoms with Gasteiger partial charge in [-0.05, 0) is 26.9 Å². The number of hydrogen-bond acceptors (Lipinski definition) is 5. The molecule has 1 aliphatic heterocycles. The SMILES string of the molecule is Cc1[nH]nc(S(=O)(=O)N2CC(C)C(N(C)C)C2)c1CO. The summed E-state index contributed by atoms with van der Waals surface area (Å²) in [5.41, 5.74) is 0.938. The molecular formula is C12H22N4O3S. The Kier molecular flexibility index (Phi) is 4.19. The van der Waals surface area contributed by atoms with Gasteiger partial charge in [0.1, 0.15) is 0 Å². The number of nitrogens with zero attached hydrogens (tertiary/aromatic N) is 3. The lowest BCUT2D eigenvalue weighted by atomic mass is 10.1. The highest BCUT2D eigenvalue weighted by Gasteiger charge is 2.40. The highest BCUT2D eigenvalue weighted by molar-refractivity contribution is 7.89. The molecule has 2 N–H and O–H groups in total. The van der Waals surface area contributed by atoms with Gasteiger partial charge in [-0.15, -0.1) is 0 Å². The van der Waals surface area contributed by atoms with Gasteiger partial charge in [0, 0.05) is 30.4 Å². The fourth-order valence-corrected chi connectivity index (χ4v) is 4.44. The van der Waals surface area contributed by atoms with E-state index in [-0.39, 0.29) is 23.6 Å². The van der Waals surface area contributed by atoms with Crippen LogP contribution < -0.4 is 0 Å². The summed E-state index contributed by atoms with van der Waals surface area (Å²) in [6.45, 7) is 4.34. The molecule has 2 heterocycles. The summed E-state index contributed by atoms with van der Waals surface area (Å²) in [7, 11) is 0.251. The summed E-state index contributed by atoms with van der Waals surface area (Å²) in [5.74, 6) is 0.261. The Morgan fingerprint density at radius 2 is 2.10 bits per heavy atom. The Labute approximate surface area is 119 Å². The minimum Gasteiger partial charge on any atom is -0.392 e. The monoisotopic (exact) mass is 302 g/mol. The molecule has 8 heteroatoms. The maximum atomic E-state index is 12.7. The topological polar surface area (TPSA) is 89.5 Å². The van der Waals surface area contributed by atoms with E-state index in [1.54, 1.807) is 6.92 Å². The maximum Gasteiger partial charge on any atom is 0.262 e. The molecule has 7 nitrogen and oxygen atoms in total. The molecule has 0 aromatic carbocycles. The van der Waals surface area contributed by atoms with E-state index in [4.69, 9.17) is 0 Å². The molecule has 0 spiro atoms. The van der Waals surface area contributed by atoms with E-state index >= 15 is 0 Å². The molecule has 2 atom stereocenters. The number of aryl methyl sites for hydroxylation is 1. The number of sulfonamides is 1. The van der Waals surface area contributed by atoms with Gasteiger partial charge < -0.3 is 10.0 Å². The van der Waals surface area contributed by atoms with Crippen LogP contribution in [0.25, 0.3) is 0 Å². The zero-order chi connectivity index (χ0) is 15.1. The lowest BCUT2D eigenvalue weighted by Gasteiger charge is -2.22. The standard InChI is InChI=1S/C12H22N4O3S/c1-8-5-16(6-11(8)15(3)4)20(18,19)12-10(7-17)9(2)13-14-12/h8,11,17H,5-7H2,1-4H3,(H,13,14). The molecule has 1 saturated heterocycles. The van der Waals surface area contributed by atoms with Crippen molar-refractivity contribution in [3.63, 3.8) is 0 Å². The van der Waals surface area contributed by atoms with Crippen LogP contribution in [0.5, 0.6) is 0 Å². The van der Waals surface area contributed by atoms with Crippen LogP contribution in [-0.4, -0.2) is 66.2 Å². The Bertz CT molecular complexity index is 582.